The Morgan fingerprint density at radius 3 is 2.19 bits per heavy atom. The summed E-state index contributed by atoms with van der Waals surface area (Å²) in [6.07, 6.45) is 1.01. The summed E-state index contributed by atoms with van der Waals surface area (Å²) in [6.45, 7) is 1.43. The smallest absolute Gasteiger partial charge is 0.242 e. The number of hydrogen-bond donors (Lipinski definition) is 1. The molecule has 2 amide bonds. The highest BCUT2D eigenvalue weighted by molar-refractivity contribution is 7.88. The zero-order chi connectivity index (χ0) is 24.1. The van der Waals surface area contributed by atoms with Crippen LogP contribution in [-0.2, 0) is 32.7 Å². The molecule has 32 heavy (non-hydrogen) atoms. The molecule has 2 aromatic rings. The molecule has 0 aliphatic heterocycles. The number of benzene rings is 2. The summed E-state index contributed by atoms with van der Waals surface area (Å²) in [5, 5.41) is 4.19. The van der Waals surface area contributed by atoms with Crippen LogP contribution in [0.5, 0.6) is 0 Å². The standard InChI is InChI=1S/C21H24Cl3N3O4S/c1-14(21(29)25-11-16-6-9-18(23)10-19(16)24)27(12-15-4-7-17(22)8-5-15)20(28)13-26(2)32(3,30)31/h4-10,14H,11-13H2,1-3H3,(H,25,29). The minimum Gasteiger partial charge on any atom is -0.350 e. The van der Waals surface area contributed by atoms with Crippen molar-refractivity contribution in [3.8, 4) is 0 Å². The van der Waals surface area contributed by atoms with E-state index in [4.69, 9.17) is 34.8 Å². The van der Waals surface area contributed by atoms with Gasteiger partial charge in [0, 0.05) is 35.2 Å². The van der Waals surface area contributed by atoms with Gasteiger partial charge in [-0.1, -0.05) is 53.0 Å². The molecule has 0 bridgehead atoms. The van der Waals surface area contributed by atoms with Crippen molar-refractivity contribution < 1.29 is 18.0 Å². The quantitative estimate of drug-likeness (QED) is 0.548. The third kappa shape index (κ3) is 7.64. The molecule has 0 spiro atoms. The molecule has 1 atom stereocenters. The van der Waals surface area contributed by atoms with Gasteiger partial charge in [0.05, 0.1) is 12.8 Å². The van der Waals surface area contributed by atoms with E-state index < -0.39 is 34.4 Å². The zero-order valence-corrected chi connectivity index (χ0v) is 20.9. The normalized spacial score (nSPS) is 12.5. The number of nitrogens with zero attached hydrogens (tertiary/aromatic N) is 2. The van der Waals surface area contributed by atoms with Crippen molar-refractivity contribution in [2.45, 2.75) is 26.1 Å². The maximum Gasteiger partial charge on any atom is 0.242 e. The Bertz CT molecular complexity index is 1080. The largest absolute Gasteiger partial charge is 0.350 e. The lowest BCUT2D eigenvalue weighted by molar-refractivity contribution is -0.140. The molecule has 0 radical (unpaired) electrons. The maximum absolute atomic E-state index is 13.0. The van der Waals surface area contributed by atoms with Crippen molar-refractivity contribution in [1.29, 1.82) is 0 Å². The minimum atomic E-state index is -3.57. The topological polar surface area (TPSA) is 86.8 Å². The second-order valence-electron chi connectivity index (χ2n) is 7.30. The molecule has 0 heterocycles. The zero-order valence-electron chi connectivity index (χ0n) is 17.8. The van der Waals surface area contributed by atoms with Gasteiger partial charge in [0.1, 0.15) is 6.04 Å². The number of carbonyl (C=O) groups is 2. The van der Waals surface area contributed by atoms with Gasteiger partial charge in [-0.15, -0.1) is 0 Å². The summed E-state index contributed by atoms with van der Waals surface area (Å²) in [6, 6.07) is 10.9. The fraction of sp³-hybridized carbons (Fsp3) is 0.333. The Labute approximate surface area is 203 Å². The Morgan fingerprint density at radius 2 is 1.62 bits per heavy atom. The Balaban J connectivity index is 2.18. The highest BCUT2D eigenvalue weighted by Crippen LogP contribution is 2.21. The molecular weight excluding hydrogens is 497 g/mol. The molecule has 2 aromatic carbocycles. The monoisotopic (exact) mass is 519 g/mol. The third-order valence-corrected chi connectivity index (χ3v) is 6.93. The van der Waals surface area contributed by atoms with E-state index in [9.17, 15) is 18.0 Å². The van der Waals surface area contributed by atoms with Crippen molar-refractivity contribution in [3.05, 3.63) is 68.7 Å². The number of hydrogen-bond acceptors (Lipinski definition) is 4. The van der Waals surface area contributed by atoms with Crippen molar-refractivity contribution in [3.63, 3.8) is 0 Å². The van der Waals surface area contributed by atoms with E-state index in [0.29, 0.717) is 20.6 Å². The molecule has 0 fully saturated rings. The predicted octanol–water partition coefficient (Wildman–Crippen LogP) is 3.57. The second kappa shape index (κ2) is 11.3. The van der Waals surface area contributed by atoms with Gasteiger partial charge in [0.2, 0.25) is 21.8 Å². The SMILES string of the molecule is CC(C(=O)NCc1ccc(Cl)cc1Cl)N(Cc1ccc(Cl)cc1)C(=O)CN(C)S(C)(=O)=O. The number of rotatable bonds is 9. The Hall–Kier alpha value is -1.84. The summed E-state index contributed by atoms with van der Waals surface area (Å²) < 4.78 is 24.4. The molecule has 174 valence electrons. The summed E-state index contributed by atoms with van der Waals surface area (Å²) in [7, 11) is -2.26. The van der Waals surface area contributed by atoms with E-state index in [1.165, 1.54) is 11.9 Å². The Morgan fingerprint density at radius 1 is 1.03 bits per heavy atom. The fourth-order valence-electron chi connectivity index (χ4n) is 2.76. The lowest BCUT2D eigenvalue weighted by atomic mass is 10.1. The van der Waals surface area contributed by atoms with Gasteiger partial charge in [-0.05, 0) is 42.3 Å². The van der Waals surface area contributed by atoms with E-state index in [2.05, 4.69) is 5.32 Å². The number of carbonyl (C=O) groups excluding carboxylic acids is 2. The van der Waals surface area contributed by atoms with Crippen LogP contribution in [-0.4, -0.2) is 55.3 Å². The van der Waals surface area contributed by atoms with Crippen LogP contribution >= 0.6 is 34.8 Å². The number of nitrogens with one attached hydrogen (secondary N) is 1. The molecule has 0 saturated carbocycles. The van der Waals surface area contributed by atoms with Crippen molar-refractivity contribution in [2.75, 3.05) is 19.8 Å². The van der Waals surface area contributed by atoms with E-state index in [1.54, 1.807) is 49.4 Å². The molecule has 0 saturated heterocycles. The van der Waals surface area contributed by atoms with Gasteiger partial charge in [-0.3, -0.25) is 9.59 Å². The van der Waals surface area contributed by atoms with Crippen LogP contribution in [0.3, 0.4) is 0 Å². The first-order valence-electron chi connectivity index (χ1n) is 9.55. The second-order valence-corrected chi connectivity index (χ2v) is 10.7. The minimum absolute atomic E-state index is 0.101. The fourth-order valence-corrected chi connectivity index (χ4v) is 3.71. The summed E-state index contributed by atoms with van der Waals surface area (Å²) >= 11 is 18.0. The first kappa shape index (κ1) is 26.4. The lowest BCUT2D eigenvalue weighted by Gasteiger charge is -2.30. The lowest BCUT2D eigenvalue weighted by Crippen LogP contribution is -2.50. The van der Waals surface area contributed by atoms with Crippen molar-refractivity contribution in [1.82, 2.24) is 14.5 Å². The summed E-state index contributed by atoms with van der Waals surface area (Å²) in [4.78, 5) is 27.1. The molecule has 0 aromatic heterocycles. The van der Waals surface area contributed by atoms with Gasteiger partial charge in [0.15, 0.2) is 0 Å². The average molecular weight is 521 g/mol. The molecule has 11 heteroatoms. The predicted molar refractivity (Wildman–Crippen MR) is 127 cm³/mol. The van der Waals surface area contributed by atoms with Crippen LogP contribution in [0.1, 0.15) is 18.1 Å². The first-order chi connectivity index (χ1) is 14.9. The van der Waals surface area contributed by atoms with E-state index in [0.717, 1.165) is 16.1 Å². The van der Waals surface area contributed by atoms with E-state index in [-0.39, 0.29) is 13.1 Å². The molecule has 7 nitrogen and oxygen atoms in total. The molecule has 1 N–H and O–H groups in total. The van der Waals surface area contributed by atoms with E-state index >= 15 is 0 Å². The highest BCUT2D eigenvalue weighted by Gasteiger charge is 2.28. The van der Waals surface area contributed by atoms with Crippen molar-refractivity contribution >= 4 is 56.6 Å². The van der Waals surface area contributed by atoms with Gasteiger partial charge < -0.3 is 10.2 Å². The van der Waals surface area contributed by atoms with Crippen LogP contribution in [0.2, 0.25) is 15.1 Å². The Kier molecular flexibility index (Phi) is 9.36. The summed E-state index contributed by atoms with van der Waals surface area (Å²) in [5.74, 6) is -0.930. The molecule has 1 unspecified atom stereocenters. The van der Waals surface area contributed by atoms with Gasteiger partial charge >= 0.3 is 0 Å². The average Bonchev–Trinajstić information content (AvgIpc) is 2.71. The van der Waals surface area contributed by atoms with Gasteiger partial charge in [-0.2, -0.15) is 4.31 Å². The highest BCUT2D eigenvalue weighted by atomic mass is 35.5. The van der Waals surface area contributed by atoms with Gasteiger partial charge in [0.25, 0.3) is 0 Å². The van der Waals surface area contributed by atoms with Crippen LogP contribution in [0.25, 0.3) is 0 Å². The molecule has 0 aliphatic rings. The molecule has 0 aliphatic carbocycles. The van der Waals surface area contributed by atoms with Crippen LogP contribution < -0.4 is 5.32 Å². The van der Waals surface area contributed by atoms with E-state index in [1.807, 2.05) is 0 Å². The molecule has 2 rings (SSSR count). The number of amides is 2. The van der Waals surface area contributed by atoms with Crippen LogP contribution in [0, 0.1) is 0 Å². The number of halogens is 3. The first-order valence-corrected chi connectivity index (χ1v) is 12.5. The van der Waals surface area contributed by atoms with Crippen LogP contribution in [0.4, 0.5) is 0 Å². The molecular formula is C21H24Cl3N3O4S. The summed E-state index contributed by atoms with van der Waals surface area (Å²) in [5.41, 5.74) is 1.41. The van der Waals surface area contributed by atoms with Crippen molar-refractivity contribution in [2.24, 2.45) is 0 Å². The van der Waals surface area contributed by atoms with Crippen LogP contribution in [0.15, 0.2) is 42.5 Å². The third-order valence-electron chi connectivity index (χ3n) is 4.83. The van der Waals surface area contributed by atoms with Gasteiger partial charge in [-0.25, -0.2) is 8.42 Å². The number of likely N-dealkylation sites (N-methyl/N-ethyl adjacent to an activating group) is 1. The maximum atomic E-state index is 13.0. The number of sulfonamides is 1.